The second-order valence-electron chi connectivity index (χ2n) is 7.27. The van der Waals surface area contributed by atoms with Crippen molar-refractivity contribution in [2.75, 3.05) is 36.1 Å². The highest BCUT2D eigenvalue weighted by Gasteiger charge is 2.30. The standard InChI is InChI=1S/C22H23FN4O2/c1-16-6-2-4-8-19(16)27-21(28)11-10-18(24-27)22(29)26-14-12-25(13-15-26)20-9-5-3-7-17(20)23/h2-9H,10-15H2,1H3. The number of hydrogen-bond acceptors (Lipinski definition) is 4. The second-order valence-corrected chi connectivity index (χ2v) is 7.27. The fourth-order valence-corrected chi connectivity index (χ4v) is 3.74. The maximum absolute atomic E-state index is 14.0. The minimum Gasteiger partial charge on any atom is -0.366 e. The molecule has 1 fully saturated rings. The summed E-state index contributed by atoms with van der Waals surface area (Å²) in [7, 11) is 0. The molecule has 150 valence electrons. The summed E-state index contributed by atoms with van der Waals surface area (Å²) in [5.74, 6) is -0.513. The molecule has 2 amide bonds. The number of hydrazone groups is 1. The van der Waals surface area contributed by atoms with Gasteiger partial charge in [-0.25, -0.2) is 9.40 Å². The molecule has 0 atom stereocenters. The third kappa shape index (κ3) is 3.85. The van der Waals surface area contributed by atoms with Crippen LogP contribution in [0.1, 0.15) is 18.4 Å². The van der Waals surface area contributed by atoms with Crippen molar-refractivity contribution in [2.24, 2.45) is 5.10 Å². The van der Waals surface area contributed by atoms with Crippen molar-refractivity contribution in [1.82, 2.24) is 4.90 Å². The Morgan fingerprint density at radius 1 is 0.931 bits per heavy atom. The SMILES string of the molecule is Cc1ccccc1N1N=C(C(=O)N2CCN(c3ccccc3F)CC2)CCC1=O. The first-order chi connectivity index (χ1) is 14.0. The van der Waals surface area contributed by atoms with Crippen LogP contribution >= 0.6 is 0 Å². The summed E-state index contributed by atoms with van der Waals surface area (Å²) in [6, 6.07) is 14.2. The zero-order valence-corrected chi connectivity index (χ0v) is 16.3. The summed E-state index contributed by atoms with van der Waals surface area (Å²) in [6.07, 6.45) is 0.599. The summed E-state index contributed by atoms with van der Waals surface area (Å²) < 4.78 is 14.0. The number of carbonyl (C=O) groups excluding carboxylic acids is 2. The van der Waals surface area contributed by atoms with Crippen molar-refractivity contribution in [3.63, 3.8) is 0 Å². The van der Waals surface area contributed by atoms with E-state index < -0.39 is 0 Å². The highest BCUT2D eigenvalue weighted by atomic mass is 19.1. The molecule has 2 aliphatic rings. The van der Waals surface area contributed by atoms with E-state index in [0.717, 1.165) is 5.56 Å². The predicted molar refractivity (Wildman–Crippen MR) is 111 cm³/mol. The quantitative estimate of drug-likeness (QED) is 0.804. The van der Waals surface area contributed by atoms with Gasteiger partial charge in [-0.3, -0.25) is 9.59 Å². The first-order valence-electron chi connectivity index (χ1n) is 9.79. The minimum absolute atomic E-state index is 0.111. The lowest BCUT2D eigenvalue weighted by atomic mass is 10.1. The summed E-state index contributed by atoms with van der Waals surface area (Å²) in [4.78, 5) is 29.1. The van der Waals surface area contributed by atoms with Crippen LogP contribution in [0, 0.1) is 12.7 Å². The summed E-state index contributed by atoms with van der Waals surface area (Å²) in [5.41, 5.74) is 2.58. The zero-order valence-electron chi connectivity index (χ0n) is 16.3. The molecule has 1 saturated heterocycles. The van der Waals surface area contributed by atoms with E-state index in [-0.39, 0.29) is 24.1 Å². The third-order valence-corrected chi connectivity index (χ3v) is 5.38. The predicted octanol–water partition coefficient (Wildman–Crippen LogP) is 2.97. The maximum Gasteiger partial charge on any atom is 0.270 e. The van der Waals surface area contributed by atoms with Gasteiger partial charge < -0.3 is 9.80 Å². The van der Waals surface area contributed by atoms with Gasteiger partial charge in [0.05, 0.1) is 11.4 Å². The fourth-order valence-electron chi connectivity index (χ4n) is 3.74. The highest BCUT2D eigenvalue weighted by Crippen LogP contribution is 2.25. The fraction of sp³-hybridized carbons (Fsp3) is 0.318. The van der Waals surface area contributed by atoms with Crippen molar-refractivity contribution in [3.05, 3.63) is 59.9 Å². The van der Waals surface area contributed by atoms with Crippen LogP contribution < -0.4 is 9.91 Å². The Morgan fingerprint density at radius 2 is 1.59 bits per heavy atom. The Labute approximate surface area is 169 Å². The van der Waals surface area contributed by atoms with Gasteiger partial charge in [-0.15, -0.1) is 0 Å². The summed E-state index contributed by atoms with van der Waals surface area (Å²) >= 11 is 0. The molecule has 2 aromatic rings. The largest absolute Gasteiger partial charge is 0.366 e. The Hall–Kier alpha value is -3.22. The van der Waals surface area contributed by atoms with Crippen LogP contribution in [0.3, 0.4) is 0 Å². The van der Waals surface area contributed by atoms with Crippen molar-refractivity contribution >= 4 is 28.9 Å². The topological polar surface area (TPSA) is 56.2 Å². The molecule has 2 aromatic carbocycles. The molecule has 0 aromatic heterocycles. The zero-order chi connectivity index (χ0) is 20.4. The molecule has 0 spiro atoms. The van der Waals surface area contributed by atoms with Gasteiger partial charge in [0.1, 0.15) is 11.5 Å². The van der Waals surface area contributed by atoms with E-state index in [2.05, 4.69) is 5.10 Å². The molecule has 0 bridgehead atoms. The molecule has 2 heterocycles. The van der Waals surface area contributed by atoms with Gasteiger partial charge in [0, 0.05) is 39.0 Å². The number of hydrogen-bond donors (Lipinski definition) is 0. The van der Waals surface area contributed by atoms with Crippen LogP contribution in [0.5, 0.6) is 0 Å². The van der Waals surface area contributed by atoms with Crippen LogP contribution in [0.25, 0.3) is 0 Å². The van der Waals surface area contributed by atoms with Crippen molar-refractivity contribution in [2.45, 2.75) is 19.8 Å². The van der Waals surface area contributed by atoms with Crippen LogP contribution in [0.2, 0.25) is 0 Å². The van der Waals surface area contributed by atoms with Crippen LogP contribution in [-0.2, 0) is 9.59 Å². The molecule has 0 aliphatic carbocycles. The molecule has 0 radical (unpaired) electrons. The van der Waals surface area contributed by atoms with E-state index in [1.165, 1.54) is 11.1 Å². The Balaban J connectivity index is 1.47. The van der Waals surface area contributed by atoms with Gasteiger partial charge >= 0.3 is 0 Å². The summed E-state index contributed by atoms with van der Waals surface area (Å²) in [5, 5.41) is 5.74. The van der Waals surface area contributed by atoms with Crippen LogP contribution in [0.4, 0.5) is 15.8 Å². The normalized spacial score (nSPS) is 17.4. The number of benzene rings is 2. The Morgan fingerprint density at radius 3 is 2.28 bits per heavy atom. The van der Waals surface area contributed by atoms with Gasteiger partial charge in [0.25, 0.3) is 5.91 Å². The molecule has 2 aliphatic heterocycles. The van der Waals surface area contributed by atoms with E-state index >= 15 is 0 Å². The van der Waals surface area contributed by atoms with Gasteiger partial charge in [-0.05, 0) is 30.7 Å². The Kier molecular flexibility index (Phi) is 5.29. The number of amides is 2. The molecule has 0 N–H and O–H groups in total. The maximum atomic E-state index is 14.0. The smallest absolute Gasteiger partial charge is 0.270 e. The molecule has 7 heteroatoms. The van der Waals surface area contributed by atoms with E-state index in [1.807, 2.05) is 42.2 Å². The number of carbonyl (C=O) groups is 2. The highest BCUT2D eigenvalue weighted by molar-refractivity contribution is 6.40. The number of nitrogens with zero attached hydrogens (tertiary/aromatic N) is 4. The van der Waals surface area contributed by atoms with Crippen LogP contribution in [0.15, 0.2) is 53.6 Å². The number of anilines is 2. The number of piperazine rings is 1. The summed E-state index contributed by atoms with van der Waals surface area (Å²) in [6.45, 7) is 4.01. The van der Waals surface area contributed by atoms with E-state index in [9.17, 15) is 14.0 Å². The monoisotopic (exact) mass is 394 g/mol. The van der Waals surface area contributed by atoms with Gasteiger partial charge in [-0.1, -0.05) is 30.3 Å². The van der Waals surface area contributed by atoms with Crippen molar-refractivity contribution < 1.29 is 14.0 Å². The van der Waals surface area contributed by atoms with E-state index in [0.29, 0.717) is 49.7 Å². The van der Waals surface area contributed by atoms with Gasteiger partial charge in [0.15, 0.2) is 0 Å². The molecule has 0 saturated carbocycles. The molecule has 6 nitrogen and oxygen atoms in total. The molecule has 29 heavy (non-hydrogen) atoms. The average molecular weight is 394 g/mol. The van der Waals surface area contributed by atoms with E-state index in [4.69, 9.17) is 0 Å². The van der Waals surface area contributed by atoms with Gasteiger partial charge in [-0.2, -0.15) is 5.10 Å². The average Bonchev–Trinajstić information content (AvgIpc) is 2.75. The number of para-hydroxylation sites is 2. The minimum atomic E-state index is -0.253. The van der Waals surface area contributed by atoms with Crippen molar-refractivity contribution in [1.29, 1.82) is 0 Å². The van der Waals surface area contributed by atoms with Crippen molar-refractivity contribution in [3.8, 4) is 0 Å². The lowest BCUT2D eigenvalue weighted by Gasteiger charge is -2.37. The first-order valence-corrected chi connectivity index (χ1v) is 9.79. The second kappa shape index (κ2) is 8.03. The van der Waals surface area contributed by atoms with Crippen LogP contribution in [-0.4, -0.2) is 48.6 Å². The lowest BCUT2D eigenvalue weighted by Crippen LogP contribution is -2.51. The number of aryl methyl sites for hydroxylation is 1. The van der Waals surface area contributed by atoms with E-state index in [1.54, 1.807) is 17.0 Å². The lowest BCUT2D eigenvalue weighted by molar-refractivity contribution is -0.124. The number of rotatable bonds is 3. The Bertz CT molecular complexity index is 967. The van der Waals surface area contributed by atoms with Gasteiger partial charge in [0.2, 0.25) is 5.91 Å². The third-order valence-electron chi connectivity index (χ3n) is 5.38. The first kappa shape index (κ1) is 19.1. The molecular formula is C22H23FN4O2. The molecule has 4 rings (SSSR count). The number of halogens is 1. The molecule has 0 unspecified atom stereocenters. The molecular weight excluding hydrogens is 371 g/mol.